The molecule has 20 heavy (non-hydrogen) atoms. The Morgan fingerprint density at radius 3 is 2.40 bits per heavy atom. The molecule has 1 aromatic heterocycles. The van der Waals surface area contributed by atoms with E-state index in [1.165, 1.54) is 44.6 Å². The van der Waals surface area contributed by atoms with Crippen LogP contribution in [0.1, 0.15) is 44.2 Å². The number of rotatable bonds is 3. The van der Waals surface area contributed by atoms with E-state index in [9.17, 15) is 4.79 Å². The molecule has 4 aliphatic carbocycles. The molecule has 4 saturated carbocycles. The zero-order valence-corrected chi connectivity index (χ0v) is 11.4. The molecule has 1 heterocycles. The van der Waals surface area contributed by atoms with Crippen molar-refractivity contribution in [2.75, 3.05) is 0 Å². The number of hydrogen-bond donors (Lipinski definition) is 1. The van der Waals surface area contributed by atoms with Gasteiger partial charge in [-0.2, -0.15) is 0 Å². The van der Waals surface area contributed by atoms with Gasteiger partial charge in [-0.15, -0.1) is 5.10 Å². The summed E-state index contributed by atoms with van der Waals surface area (Å²) < 4.78 is 2.04. The number of carbonyl (C=O) groups is 1. The second-order valence-corrected chi connectivity index (χ2v) is 6.90. The van der Waals surface area contributed by atoms with E-state index in [4.69, 9.17) is 5.11 Å². The standard InChI is InChI=1S/C15H19N3O2/c19-14(20)2-1-13-9-18(17-16-13)15-6-10-3-11(7-15)5-12(4-10)8-15/h1-2,9-12H,3-8H2,(H,19,20)/b2-1+. The van der Waals surface area contributed by atoms with E-state index < -0.39 is 5.97 Å². The van der Waals surface area contributed by atoms with Crippen molar-refractivity contribution >= 4 is 12.0 Å². The summed E-state index contributed by atoms with van der Waals surface area (Å²) in [6.45, 7) is 0. The van der Waals surface area contributed by atoms with E-state index in [1.807, 2.05) is 10.9 Å². The molecular formula is C15H19N3O2. The predicted octanol–water partition coefficient (Wildman–Crippen LogP) is 2.30. The molecule has 106 valence electrons. The number of carboxylic acids is 1. The Morgan fingerprint density at radius 2 is 1.85 bits per heavy atom. The van der Waals surface area contributed by atoms with E-state index in [0.29, 0.717) is 5.69 Å². The fourth-order valence-electron chi connectivity index (χ4n) is 5.09. The maximum Gasteiger partial charge on any atom is 0.328 e. The Balaban J connectivity index is 1.62. The molecule has 1 aromatic rings. The number of nitrogens with zero attached hydrogens (tertiary/aromatic N) is 3. The summed E-state index contributed by atoms with van der Waals surface area (Å²) in [6.07, 6.45) is 12.4. The van der Waals surface area contributed by atoms with Crippen molar-refractivity contribution in [1.82, 2.24) is 15.0 Å². The van der Waals surface area contributed by atoms with Crippen molar-refractivity contribution in [2.45, 2.75) is 44.1 Å². The third-order valence-electron chi connectivity index (χ3n) is 5.40. The number of aromatic nitrogens is 3. The van der Waals surface area contributed by atoms with Crippen LogP contribution in [-0.2, 0) is 10.3 Å². The van der Waals surface area contributed by atoms with Gasteiger partial charge in [-0.3, -0.25) is 0 Å². The molecule has 5 heteroatoms. The maximum absolute atomic E-state index is 10.6. The molecule has 5 rings (SSSR count). The number of hydrogen-bond acceptors (Lipinski definition) is 3. The minimum Gasteiger partial charge on any atom is -0.478 e. The van der Waals surface area contributed by atoms with Gasteiger partial charge in [-0.05, 0) is 62.4 Å². The van der Waals surface area contributed by atoms with Crippen LogP contribution in [0.15, 0.2) is 12.3 Å². The Morgan fingerprint density at radius 1 is 1.25 bits per heavy atom. The van der Waals surface area contributed by atoms with Crippen LogP contribution in [0.4, 0.5) is 0 Å². The Bertz CT molecular complexity index is 540. The van der Waals surface area contributed by atoms with E-state index in [2.05, 4.69) is 10.3 Å². The Hall–Kier alpha value is -1.65. The molecule has 0 saturated heterocycles. The predicted molar refractivity (Wildman–Crippen MR) is 72.8 cm³/mol. The highest BCUT2D eigenvalue weighted by molar-refractivity contribution is 5.84. The third kappa shape index (κ3) is 1.87. The highest BCUT2D eigenvalue weighted by Gasteiger charge is 2.52. The topological polar surface area (TPSA) is 68.0 Å². The third-order valence-corrected chi connectivity index (χ3v) is 5.40. The maximum atomic E-state index is 10.6. The summed E-state index contributed by atoms with van der Waals surface area (Å²) >= 11 is 0. The van der Waals surface area contributed by atoms with E-state index in [0.717, 1.165) is 23.8 Å². The van der Waals surface area contributed by atoms with Crippen molar-refractivity contribution in [3.63, 3.8) is 0 Å². The largest absolute Gasteiger partial charge is 0.478 e. The SMILES string of the molecule is O=C(O)/C=C/c1cn(C23CC4CC(CC(C4)C2)C3)nn1. The number of carboxylic acid groups (broad SMARTS) is 1. The van der Waals surface area contributed by atoms with Gasteiger partial charge in [0.05, 0.1) is 11.7 Å². The lowest BCUT2D eigenvalue weighted by Crippen LogP contribution is -2.52. The van der Waals surface area contributed by atoms with Crippen molar-refractivity contribution in [3.8, 4) is 0 Å². The van der Waals surface area contributed by atoms with Gasteiger partial charge < -0.3 is 5.11 Å². The van der Waals surface area contributed by atoms with Crippen molar-refractivity contribution in [3.05, 3.63) is 18.0 Å². The Labute approximate surface area is 117 Å². The second kappa shape index (κ2) is 4.17. The monoisotopic (exact) mass is 273 g/mol. The fraction of sp³-hybridized carbons (Fsp3) is 0.667. The highest BCUT2D eigenvalue weighted by Crippen LogP contribution is 2.58. The number of aliphatic carboxylic acids is 1. The zero-order valence-electron chi connectivity index (χ0n) is 11.4. The van der Waals surface area contributed by atoms with Crippen LogP contribution in [0, 0.1) is 17.8 Å². The van der Waals surface area contributed by atoms with Crippen LogP contribution in [0.25, 0.3) is 6.08 Å². The normalized spacial score (nSPS) is 38.7. The molecule has 4 aliphatic rings. The van der Waals surface area contributed by atoms with Gasteiger partial charge in [-0.1, -0.05) is 5.21 Å². The van der Waals surface area contributed by atoms with Crippen molar-refractivity contribution < 1.29 is 9.90 Å². The van der Waals surface area contributed by atoms with Gasteiger partial charge >= 0.3 is 5.97 Å². The van der Waals surface area contributed by atoms with Gasteiger partial charge in [0.25, 0.3) is 0 Å². The first kappa shape index (κ1) is 12.1. The highest BCUT2D eigenvalue weighted by atomic mass is 16.4. The lowest BCUT2D eigenvalue weighted by Gasteiger charge is -2.56. The molecule has 4 fully saturated rings. The molecule has 5 nitrogen and oxygen atoms in total. The van der Waals surface area contributed by atoms with E-state index in [1.54, 1.807) is 0 Å². The van der Waals surface area contributed by atoms with Gasteiger partial charge in [0.15, 0.2) is 0 Å². The second-order valence-electron chi connectivity index (χ2n) is 6.90. The van der Waals surface area contributed by atoms with Crippen LogP contribution < -0.4 is 0 Å². The molecule has 0 aromatic carbocycles. The Kier molecular flexibility index (Phi) is 2.53. The fourth-order valence-corrected chi connectivity index (χ4v) is 5.09. The van der Waals surface area contributed by atoms with Gasteiger partial charge in [0, 0.05) is 6.08 Å². The molecular weight excluding hydrogens is 254 g/mol. The first-order chi connectivity index (χ1) is 9.63. The summed E-state index contributed by atoms with van der Waals surface area (Å²) in [5.74, 6) is 1.64. The average Bonchev–Trinajstić information content (AvgIpc) is 2.84. The minimum atomic E-state index is -0.950. The van der Waals surface area contributed by atoms with Crippen LogP contribution in [-0.4, -0.2) is 26.1 Å². The average molecular weight is 273 g/mol. The van der Waals surface area contributed by atoms with Crippen molar-refractivity contribution in [1.29, 1.82) is 0 Å². The van der Waals surface area contributed by atoms with Crippen LogP contribution in [0.2, 0.25) is 0 Å². The summed E-state index contributed by atoms with van der Waals surface area (Å²) in [4.78, 5) is 10.6. The van der Waals surface area contributed by atoms with Gasteiger partial charge in [-0.25, -0.2) is 9.48 Å². The van der Waals surface area contributed by atoms with Crippen LogP contribution in [0.5, 0.6) is 0 Å². The molecule has 0 unspecified atom stereocenters. The van der Waals surface area contributed by atoms with Crippen molar-refractivity contribution in [2.24, 2.45) is 17.8 Å². The summed E-state index contributed by atoms with van der Waals surface area (Å²) in [5, 5.41) is 17.1. The summed E-state index contributed by atoms with van der Waals surface area (Å²) in [7, 11) is 0. The quantitative estimate of drug-likeness (QED) is 0.858. The molecule has 0 radical (unpaired) electrons. The lowest BCUT2D eigenvalue weighted by molar-refractivity contribution is -0.131. The molecule has 0 spiro atoms. The minimum absolute atomic E-state index is 0.164. The summed E-state index contributed by atoms with van der Waals surface area (Å²) in [6, 6.07) is 0. The van der Waals surface area contributed by atoms with E-state index in [-0.39, 0.29) is 5.54 Å². The molecule has 0 atom stereocenters. The van der Waals surface area contributed by atoms with Crippen LogP contribution >= 0.6 is 0 Å². The first-order valence-corrected chi connectivity index (χ1v) is 7.47. The molecule has 0 amide bonds. The first-order valence-electron chi connectivity index (χ1n) is 7.47. The van der Waals surface area contributed by atoms with Crippen LogP contribution in [0.3, 0.4) is 0 Å². The smallest absolute Gasteiger partial charge is 0.328 e. The molecule has 0 aliphatic heterocycles. The zero-order chi connectivity index (χ0) is 13.7. The molecule has 1 N–H and O–H groups in total. The summed E-state index contributed by atoms with van der Waals surface area (Å²) in [5.41, 5.74) is 0.806. The van der Waals surface area contributed by atoms with E-state index >= 15 is 0 Å². The molecule has 4 bridgehead atoms. The lowest BCUT2D eigenvalue weighted by atomic mass is 9.53. The van der Waals surface area contributed by atoms with Gasteiger partial charge in [0.2, 0.25) is 0 Å². The van der Waals surface area contributed by atoms with Gasteiger partial charge in [0.1, 0.15) is 5.69 Å².